The number of nitrogens with zero attached hydrogens (tertiary/aromatic N) is 1. The summed E-state index contributed by atoms with van der Waals surface area (Å²) in [6.45, 7) is 8.99. The highest BCUT2D eigenvalue weighted by molar-refractivity contribution is 5.79. The Balaban J connectivity index is 2.65. The van der Waals surface area contributed by atoms with Crippen molar-refractivity contribution >= 4 is 5.97 Å². The molecule has 21 heavy (non-hydrogen) atoms. The third kappa shape index (κ3) is 5.48. The number of ether oxygens (including phenoxy) is 1. The quantitative estimate of drug-likeness (QED) is 0.710. The van der Waals surface area contributed by atoms with Gasteiger partial charge in [-0.05, 0) is 25.1 Å². The molecule has 0 bridgehead atoms. The van der Waals surface area contributed by atoms with Crippen LogP contribution < -0.4 is 0 Å². The molecule has 4 nitrogen and oxygen atoms in total. The Hall–Kier alpha value is -1.39. The summed E-state index contributed by atoms with van der Waals surface area (Å²) in [6, 6.07) is 9.34. The van der Waals surface area contributed by atoms with Crippen molar-refractivity contribution in [2.45, 2.75) is 39.2 Å². The number of aliphatic hydroxyl groups is 1. The van der Waals surface area contributed by atoms with Crippen LogP contribution in [0.15, 0.2) is 30.3 Å². The van der Waals surface area contributed by atoms with Crippen LogP contribution in [0.3, 0.4) is 0 Å². The Kier molecular flexibility index (Phi) is 8.01. The fourth-order valence-electron chi connectivity index (χ4n) is 2.32. The fraction of sp³-hybridized carbons (Fsp3) is 0.588. The highest BCUT2D eigenvalue weighted by Crippen LogP contribution is 2.23. The number of aliphatic hydroxyl groups excluding tert-OH is 1. The lowest BCUT2D eigenvalue weighted by atomic mass is 9.92. The van der Waals surface area contributed by atoms with E-state index >= 15 is 0 Å². The van der Waals surface area contributed by atoms with Crippen molar-refractivity contribution in [3.63, 3.8) is 0 Å². The Morgan fingerprint density at radius 1 is 1.19 bits per heavy atom. The molecule has 2 atom stereocenters. The van der Waals surface area contributed by atoms with Gasteiger partial charge in [-0.1, -0.05) is 51.1 Å². The van der Waals surface area contributed by atoms with Crippen molar-refractivity contribution in [1.29, 1.82) is 0 Å². The molecule has 0 spiro atoms. The lowest BCUT2D eigenvalue weighted by molar-refractivity contribution is -0.148. The monoisotopic (exact) mass is 293 g/mol. The Morgan fingerprint density at radius 2 is 1.81 bits per heavy atom. The van der Waals surface area contributed by atoms with E-state index in [4.69, 9.17) is 4.74 Å². The highest BCUT2D eigenvalue weighted by atomic mass is 16.5. The molecule has 0 fully saturated rings. The molecule has 0 amide bonds. The molecule has 118 valence electrons. The maximum atomic E-state index is 12.3. The third-order valence-corrected chi connectivity index (χ3v) is 3.76. The van der Waals surface area contributed by atoms with Gasteiger partial charge in [-0.3, -0.25) is 4.79 Å². The van der Waals surface area contributed by atoms with Gasteiger partial charge in [-0.2, -0.15) is 0 Å². The first-order valence-corrected chi connectivity index (χ1v) is 7.75. The number of benzene rings is 1. The predicted molar refractivity (Wildman–Crippen MR) is 84.2 cm³/mol. The fourth-order valence-corrected chi connectivity index (χ4v) is 2.32. The minimum atomic E-state index is -0.714. The molecule has 0 aromatic heterocycles. The number of likely N-dealkylation sites (N-methyl/N-ethyl adjacent to an activating group) is 1. The molecule has 4 heteroatoms. The number of rotatable bonds is 9. The zero-order valence-electron chi connectivity index (χ0n) is 13.3. The first-order valence-electron chi connectivity index (χ1n) is 7.75. The Morgan fingerprint density at radius 3 is 2.33 bits per heavy atom. The lowest BCUT2D eigenvalue weighted by Crippen LogP contribution is -2.31. The van der Waals surface area contributed by atoms with E-state index in [0.717, 1.165) is 25.2 Å². The second kappa shape index (κ2) is 9.53. The van der Waals surface area contributed by atoms with E-state index in [9.17, 15) is 9.90 Å². The van der Waals surface area contributed by atoms with E-state index in [1.807, 2.05) is 37.3 Å². The van der Waals surface area contributed by atoms with Gasteiger partial charge in [0.2, 0.25) is 0 Å². The minimum absolute atomic E-state index is 0.345. The number of hydrogen-bond donors (Lipinski definition) is 1. The van der Waals surface area contributed by atoms with Crippen LogP contribution in [-0.4, -0.2) is 48.3 Å². The second-order valence-corrected chi connectivity index (χ2v) is 5.06. The maximum absolute atomic E-state index is 12.3. The van der Waals surface area contributed by atoms with Crippen molar-refractivity contribution in [2.24, 2.45) is 0 Å². The Bertz CT molecular complexity index is 404. The van der Waals surface area contributed by atoms with Crippen molar-refractivity contribution in [3.8, 4) is 0 Å². The zero-order valence-corrected chi connectivity index (χ0v) is 13.3. The molecule has 2 unspecified atom stereocenters. The summed E-state index contributed by atoms with van der Waals surface area (Å²) in [6.07, 6.45) is -0.196. The molecule has 1 aromatic rings. The molecule has 0 aliphatic rings. The van der Waals surface area contributed by atoms with Crippen LogP contribution in [0.25, 0.3) is 0 Å². The van der Waals surface area contributed by atoms with Gasteiger partial charge in [0.1, 0.15) is 12.5 Å². The van der Waals surface area contributed by atoms with E-state index in [0.29, 0.717) is 13.0 Å². The molecule has 0 aliphatic carbocycles. The number of carbonyl (C=O) groups is 1. The van der Waals surface area contributed by atoms with Gasteiger partial charge < -0.3 is 14.7 Å². The average Bonchev–Trinajstić information content (AvgIpc) is 2.52. The van der Waals surface area contributed by atoms with Gasteiger partial charge >= 0.3 is 5.97 Å². The van der Waals surface area contributed by atoms with E-state index in [1.54, 1.807) is 0 Å². The van der Waals surface area contributed by atoms with Gasteiger partial charge in [-0.15, -0.1) is 0 Å². The van der Waals surface area contributed by atoms with E-state index in [-0.39, 0.29) is 5.97 Å². The first-order chi connectivity index (χ1) is 10.1. The highest BCUT2D eigenvalue weighted by Gasteiger charge is 2.28. The summed E-state index contributed by atoms with van der Waals surface area (Å²) in [7, 11) is 0. The number of esters is 1. The van der Waals surface area contributed by atoms with Crippen LogP contribution >= 0.6 is 0 Å². The van der Waals surface area contributed by atoms with Crippen LogP contribution in [0.4, 0.5) is 0 Å². The van der Waals surface area contributed by atoms with Crippen LogP contribution in [0, 0.1) is 0 Å². The topological polar surface area (TPSA) is 49.8 Å². The van der Waals surface area contributed by atoms with E-state index < -0.39 is 12.0 Å². The SMILES string of the molecule is CCC(O)C(C(=O)OCCN(CC)CC)c1ccccc1. The first kappa shape index (κ1) is 17.7. The summed E-state index contributed by atoms with van der Waals surface area (Å²) < 4.78 is 5.38. The molecular formula is C17H27NO3. The molecule has 0 aliphatic heterocycles. The van der Waals surface area contributed by atoms with Crippen LogP contribution in [0.2, 0.25) is 0 Å². The second-order valence-electron chi connectivity index (χ2n) is 5.06. The summed E-state index contributed by atoms with van der Waals surface area (Å²) in [4.78, 5) is 14.5. The molecular weight excluding hydrogens is 266 g/mol. The zero-order chi connectivity index (χ0) is 15.7. The molecule has 1 rings (SSSR count). The average molecular weight is 293 g/mol. The molecule has 0 heterocycles. The normalized spacial score (nSPS) is 14.0. The van der Waals surface area contributed by atoms with E-state index in [1.165, 1.54) is 0 Å². The van der Waals surface area contributed by atoms with Crippen molar-refractivity contribution in [1.82, 2.24) is 4.90 Å². The van der Waals surface area contributed by atoms with Crippen LogP contribution in [0.1, 0.15) is 38.7 Å². The van der Waals surface area contributed by atoms with Gasteiger partial charge in [0, 0.05) is 6.54 Å². The van der Waals surface area contributed by atoms with Crippen molar-refractivity contribution < 1.29 is 14.6 Å². The molecule has 0 radical (unpaired) electrons. The smallest absolute Gasteiger partial charge is 0.316 e. The van der Waals surface area contributed by atoms with Gasteiger partial charge in [0.05, 0.1) is 6.10 Å². The maximum Gasteiger partial charge on any atom is 0.316 e. The summed E-state index contributed by atoms with van der Waals surface area (Å²) in [5.41, 5.74) is 0.805. The van der Waals surface area contributed by atoms with Crippen LogP contribution in [-0.2, 0) is 9.53 Å². The van der Waals surface area contributed by atoms with Gasteiger partial charge in [-0.25, -0.2) is 0 Å². The number of carbonyl (C=O) groups excluding carboxylic acids is 1. The Labute approximate surface area is 127 Å². The molecule has 0 saturated heterocycles. The van der Waals surface area contributed by atoms with E-state index in [2.05, 4.69) is 18.7 Å². The standard InChI is InChI=1S/C17H27NO3/c1-4-15(19)16(14-10-8-7-9-11-14)17(20)21-13-12-18(5-2)6-3/h7-11,15-16,19H,4-6,12-13H2,1-3H3. The van der Waals surface area contributed by atoms with Crippen LogP contribution in [0.5, 0.6) is 0 Å². The summed E-state index contributed by atoms with van der Waals surface area (Å²) in [5.74, 6) is -0.949. The van der Waals surface area contributed by atoms with Gasteiger partial charge in [0.15, 0.2) is 0 Å². The number of hydrogen-bond acceptors (Lipinski definition) is 4. The molecule has 1 aromatic carbocycles. The van der Waals surface area contributed by atoms with Gasteiger partial charge in [0.25, 0.3) is 0 Å². The van der Waals surface area contributed by atoms with Crippen molar-refractivity contribution in [3.05, 3.63) is 35.9 Å². The minimum Gasteiger partial charge on any atom is -0.464 e. The third-order valence-electron chi connectivity index (χ3n) is 3.76. The lowest BCUT2D eigenvalue weighted by Gasteiger charge is -2.22. The summed E-state index contributed by atoms with van der Waals surface area (Å²) >= 11 is 0. The largest absolute Gasteiger partial charge is 0.464 e. The summed E-state index contributed by atoms with van der Waals surface area (Å²) in [5, 5.41) is 10.1. The van der Waals surface area contributed by atoms with Crippen molar-refractivity contribution in [2.75, 3.05) is 26.2 Å². The predicted octanol–water partition coefficient (Wildman–Crippen LogP) is 2.43. The molecule has 0 saturated carbocycles. The molecule has 1 N–H and O–H groups in total.